The summed E-state index contributed by atoms with van der Waals surface area (Å²) in [5.41, 5.74) is -0.489. The van der Waals surface area contributed by atoms with Crippen molar-refractivity contribution in [1.29, 1.82) is 0 Å². The van der Waals surface area contributed by atoms with Gasteiger partial charge in [-0.2, -0.15) is 4.98 Å². The summed E-state index contributed by atoms with van der Waals surface area (Å²) in [6.45, 7) is 8.49. The molecular formula is C10H17BrN2O2. The van der Waals surface area contributed by atoms with Crippen LogP contribution in [0, 0.1) is 0 Å². The Bertz CT molecular complexity index is 312. The molecule has 5 heteroatoms. The number of hydrogen-bond donors (Lipinski definition) is 0. The van der Waals surface area contributed by atoms with Crippen molar-refractivity contribution in [3.05, 3.63) is 11.7 Å². The fourth-order valence-corrected chi connectivity index (χ4v) is 1.39. The third-order valence-corrected chi connectivity index (χ3v) is 3.15. The number of ether oxygens (including phenoxy) is 1. The molecule has 0 saturated heterocycles. The fraction of sp³-hybridized carbons (Fsp3) is 0.800. The van der Waals surface area contributed by atoms with Gasteiger partial charge in [0.05, 0.1) is 4.83 Å². The van der Waals surface area contributed by atoms with Gasteiger partial charge in [-0.3, -0.25) is 0 Å². The third kappa shape index (κ3) is 3.01. The molecule has 1 aromatic heterocycles. The Morgan fingerprint density at radius 1 is 1.47 bits per heavy atom. The lowest BCUT2D eigenvalue weighted by Crippen LogP contribution is -2.23. The van der Waals surface area contributed by atoms with Crippen molar-refractivity contribution >= 4 is 15.9 Å². The molecule has 0 aliphatic heterocycles. The Labute approximate surface area is 98.5 Å². The summed E-state index contributed by atoms with van der Waals surface area (Å²) in [5, 5.41) is 3.93. The Morgan fingerprint density at radius 3 is 2.67 bits per heavy atom. The molecule has 0 saturated carbocycles. The minimum Gasteiger partial charge on any atom is -0.368 e. The molecule has 4 nitrogen and oxygen atoms in total. The summed E-state index contributed by atoms with van der Waals surface area (Å²) >= 11 is 3.47. The van der Waals surface area contributed by atoms with Crippen molar-refractivity contribution in [3.8, 4) is 0 Å². The standard InChI is InChI=1S/C10H17BrN2O2/c1-5-7(11)8-12-9(13-15-8)10(3,4)14-6-2/h7H,5-6H2,1-4H3. The lowest BCUT2D eigenvalue weighted by molar-refractivity contribution is -0.0221. The normalized spacial score (nSPS) is 14.2. The van der Waals surface area contributed by atoms with Crippen molar-refractivity contribution in [1.82, 2.24) is 10.1 Å². The number of aromatic nitrogens is 2. The van der Waals surface area contributed by atoms with Gasteiger partial charge in [-0.15, -0.1) is 0 Å². The molecule has 0 aliphatic carbocycles. The third-order valence-electron chi connectivity index (χ3n) is 2.11. The first-order valence-electron chi connectivity index (χ1n) is 5.13. The molecule has 0 amide bonds. The molecule has 0 bridgehead atoms. The Balaban J connectivity index is 2.83. The predicted octanol–water partition coefficient (Wildman–Crippen LogP) is 3.19. The highest BCUT2D eigenvalue weighted by molar-refractivity contribution is 9.09. The van der Waals surface area contributed by atoms with Crippen LogP contribution in [-0.4, -0.2) is 16.7 Å². The molecule has 0 aliphatic rings. The molecule has 1 atom stereocenters. The number of rotatable bonds is 5. The average Bonchev–Trinajstić information content (AvgIpc) is 2.66. The number of hydrogen-bond acceptors (Lipinski definition) is 4. The van der Waals surface area contributed by atoms with Crippen LogP contribution in [0.3, 0.4) is 0 Å². The first-order chi connectivity index (χ1) is 7.01. The van der Waals surface area contributed by atoms with E-state index in [1.165, 1.54) is 0 Å². The summed E-state index contributed by atoms with van der Waals surface area (Å²) in [5.74, 6) is 1.21. The van der Waals surface area contributed by atoms with Gasteiger partial charge in [-0.25, -0.2) is 0 Å². The van der Waals surface area contributed by atoms with Crippen LogP contribution in [0.25, 0.3) is 0 Å². The Kier molecular flexibility index (Phi) is 4.28. The molecule has 0 aromatic carbocycles. The highest BCUT2D eigenvalue weighted by Gasteiger charge is 2.28. The van der Waals surface area contributed by atoms with E-state index in [0.717, 1.165) is 6.42 Å². The van der Waals surface area contributed by atoms with Crippen LogP contribution in [-0.2, 0) is 10.3 Å². The predicted molar refractivity (Wildman–Crippen MR) is 60.9 cm³/mol. The van der Waals surface area contributed by atoms with Gasteiger partial charge < -0.3 is 9.26 Å². The van der Waals surface area contributed by atoms with Gasteiger partial charge in [-0.1, -0.05) is 28.0 Å². The number of nitrogens with zero attached hydrogens (tertiary/aromatic N) is 2. The van der Waals surface area contributed by atoms with Crippen LogP contribution in [0.15, 0.2) is 4.52 Å². The molecule has 15 heavy (non-hydrogen) atoms. The van der Waals surface area contributed by atoms with Crippen LogP contribution in [0.2, 0.25) is 0 Å². The summed E-state index contributed by atoms with van der Waals surface area (Å²) in [6, 6.07) is 0. The molecule has 0 fully saturated rings. The molecule has 1 rings (SSSR count). The monoisotopic (exact) mass is 276 g/mol. The summed E-state index contributed by atoms with van der Waals surface area (Å²) in [7, 11) is 0. The van der Waals surface area contributed by atoms with Gasteiger partial charge >= 0.3 is 0 Å². The Hall–Kier alpha value is -0.420. The highest BCUT2D eigenvalue weighted by Crippen LogP contribution is 2.27. The molecule has 0 N–H and O–H groups in total. The van der Waals surface area contributed by atoms with Crippen LogP contribution in [0.1, 0.15) is 50.7 Å². The van der Waals surface area contributed by atoms with Gasteiger partial charge in [-0.05, 0) is 27.2 Å². The summed E-state index contributed by atoms with van der Waals surface area (Å²) in [6.07, 6.45) is 0.913. The second-order valence-corrected chi connectivity index (χ2v) is 4.88. The van der Waals surface area contributed by atoms with E-state index < -0.39 is 5.60 Å². The van der Waals surface area contributed by atoms with E-state index >= 15 is 0 Å². The fourth-order valence-electron chi connectivity index (χ4n) is 1.21. The van der Waals surface area contributed by atoms with E-state index in [1.807, 2.05) is 20.8 Å². The summed E-state index contributed by atoms with van der Waals surface area (Å²) in [4.78, 5) is 4.44. The second kappa shape index (κ2) is 5.07. The van der Waals surface area contributed by atoms with Gasteiger partial charge in [0.25, 0.3) is 0 Å². The minimum absolute atomic E-state index is 0.121. The summed E-state index contributed by atoms with van der Waals surface area (Å²) < 4.78 is 10.7. The van der Waals surface area contributed by atoms with E-state index in [4.69, 9.17) is 9.26 Å². The van der Waals surface area contributed by atoms with E-state index in [1.54, 1.807) is 0 Å². The number of halogens is 1. The molecule has 1 unspecified atom stereocenters. The van der Waals surface area contributed by atoms with E-state index in [0.29, 0.717) is 18.3 Å². The van der Waals surface area contributed by atoms with Gasteiger partial charge in [0, 0.05) is 6.61 Å². The maximum absolute atomic E-state index is 5.54. The van der Waals surface area contributed by atoms with Crippen LogP contribution in [0.4, 0.5) is 0 Å². The largest absolute Gasteiger partial charge is 0.368 e. The lowest BCUT2D eigenvalue weighted by atomic mass is 10.1. The highest BCUT2D eigenvalue weighted by atomic mass is 79.9. The van der Waals surface area contributed by atoms with Gasteiger partial charge in [0.2, 0.25) is 11.7 Å². The maximum atomic E-state index is 5.54. The van der Waals surface area contributed by atoms with Crippen molar-refractivity contribution in [2.45, 2.75) is 44.5 Å². The van der Waals surface area contributed by atoms with Gasteiger partial charge in [0.1, 0.15) is 5.60 Å². The minimum atomic E-state index is -0.489. The zero-order valence-corrected chi connectivity index (χ0v) is 11.2. The van der Waals surface area contributed by atoms with E-state index in [-0.39, 0.29) is 4.83 Å². The maximum Gasteiger partial charge on any atom is 0.240 e. The van der Waals surface area contributed by atoms with E-state index in [9.17, 15) is 0 Å². The Morgan fingerprint density at radius 2 is 2.13 bits per heavy atom. The smallest absolute Gasteiger partial charge is 0.240 e. The molecular weight excluding hydrogens is 260 g/mol. The van der Waals surface area contributed by atoms with Crippen LogP contribution >= 0.6 is 15.9 Å². The first-order valence-corrected chi connectivity index (χ1v) is 6.05. The van der Waals surface area contributed by atoms with Crippen molar-refractivity contribution in [2.24, 2.45) is 0 Å². The molecule has 86 valence electrons. The van der Waals surface area contributed by atoms with Crippen molar-refractivity contribution in [3.63, 3.8) is 0 Å². The quantitative estimate of drug-likeness (QED) is 0.775. The zero-order chi connectivity index (χ0) is 11.5. The zero-order valence-electron chi connectivity index (χ0n) is 9.58. The topological polar surface area (TPSA) is 48.2 Å². The molecule has 1 heterocycles. The van der Waals surface area contributed by atoms with E-state index in [2.05, 4.69) is 33.0 Å². The first kappa shape index (κ1) is 12.6. The SMILES string of the molecule is CCOC(C)(C)c1noc(C(Br)CC)n1. The lowest BCUT2D eigenvalue weighted by Gasteiger charge is -2.19. The van der Waals surface area contributed by atoms with Crippen LogP contribution in [0.5, 0.6) is 0 Å². The average molecular weight is 277 g/mol. The van der Waals surface area contributed by atoms with Gasteiger partial charge in [0.15, 0.2) is 0 Å². The van der Waals surface area contributed by atoms with Crippen LogP contribution < -0.4 is 0 Å². The van der Waals surface area contributed by atoms with Crippen molar-refractivity contribution in [2.75, 3.05) is 6.61 Å². The van der Waals surface area contributed by atoms with Crippen molar-refractivity contribution < 1.29 is 9.26 Å². The molecule has 1 aromatic rings. The number of alkyl halides is 1. The molecule has 0 radical (unpaired) electrons. The second-order valence-electron chi connectivity index (χ2n) is 3.78. The molecule has 0 spiro atoms.